The van der Waals surface area contributed by atoms with E-state index in [0.29, 0.717) is 31.1 Å². The van der Waals surface area contributed by atoms with E-state index in [0.717, 1.165) is 35.0 Å². The Kier molecular flexibility index (Phi) is 6.85. The van der Waals surface area contributed by atoms with Gasteiger partial charge in [-0.2, -0.15) is 5.10 Å². The minimum absolute atomic E-state index is 0.0638. The number of carbonyl (C=O) groups excluding carboxylic acids is 1. The van der Waals surface area contributed by atoms with Gasteiger partial charge in [-0.25, -0.2) is 0 Å². The van der Waals surface area contributed by atoms with Crippen LogP contribution in [0, 0.1) is 0 Å². The fourth-order valence-corrected chi connectivity index (χ4v) is 3.23. The molecule has 0 spiro atoms. The smallest absolute Gasteiger partial charge is 0.220 e. The number of aromatic nitrogens is 2. The second-order valence-corrected chi connectivity index (χ2v) is 6.84. The van der Waals surface area contributed by atoms with E-state index in [4.69, 9.17) is 21.4 Å². The van der Waals surface area contributed by atoms with Crippen LogP contribution in [0.25, 0.3) is 22.2 Å². The zero-order valence-electron chi connectivity index (χ0n) is 15.5. The van der Waals surface area contributed by atoms with Gasteiger partial charge in [0.15, 0.2) is 0 Å². The van der Waals surface area contributed by atoms with Gasteiger partial charge in [0.2, 0.25) is 5.91 Å². The number of halogens is 1. The molecule has 0 bridgehead atoms. The molecule has 0 aliphatic carbocycles. The molecule has 0 aliphatic rings. The monoisotopic (exact) mass is 385 g/mol. The van der Waals surface area contributed by atoms with Gasteiger partial charge in [0, 0.05) is 49.2 Å². The standard InChI is InChI=1S/C21H24ClN3O2/c1-27-14-6-12-23-20(26)9-5-13-25-19-11-10-17(22)15-18(19)21(24-25)16-7-3-2-4-8-16/h2-4,7-8,10-11,15H,5-6,9,12-14H2,1H3,(H,23,26). The highest BCUT2D eigenvalue weighted by Gasteiger charge is 2.13. The zero-order chi connectivity index (χ0) is 19.1. The number of fused-ring (bicyclic) bond motifs is 1. The lowest BCUT2D eigenvalue weighted by Gasteiger charge is -2.06. The van der Waals surface area contributed by atoms with E-state index in [-0.39, 0.29) is 5.91 Å². The largest absolute Gasteiger partial charge is 0.385 e. The van der Waals surface area contributed by atoms with E-state index in [1.54, 1.807) is 7.11 Å². The van der Waals surface area contributed by atoms with Crippen molar-refractivity contribution < 1.29 is 9.53 Å². The predicted molar refractivity (Wildman–Crippen MR) is 109 cm³/mol. The Morgan fingerprint density at radius 2 is 2.00 bits per heavy atom. The number of carbonyl (C=O) groups is 1. The summed E-state index contributed by atoms with van der Waals surface area (Å²) < 4.78 is 6.94. The van der Waals surface area contributed by atoms with E-state index in [9.17, 15) is 4.79 Å². The summed E-state index contributed by atoms with van der Waals surface area (Å²) in [6, 6.07) is 15.9. The van der Waals surface area contributed by atoms with Crippen LogP contribution in [0.3, 0.4) is 0 Å². The third-order valence-electron chi connectivity index (χ3n) is 4.38. The number of methoxy groups -OCH3 is 1. The van der Waals surface area contributed by atoms with Crippen molar-refractivity contribution in [3.63, 3.8) is 0 Å². The van der Waals surface area contributed by atoms with Gasteiger partial charge in [0.05, 0.1) is 5.52 Å². The van der Waals surface area contributed by atoms with E-state index >= 15 is 0 Å². The van der Waals surface area contributed by atoms with Gasteiger partial charge in [0.1, 0.15) is 5.69 Å². The first kappa shape index (κ1) is 19.4. The third-order valence-corrected chi connectivity index (χ3v) is 4.62. The molecule has 5 nitrogen and oxygen atoms in total. The second kappa shape index (κ2) is 9.53. The first-order chi connectivity index (χ1) is 13.2. The molecule has 2 aromatic carbocycles. The van der Waals surface area contributed by atoms with Crippen molar-refractivity contribution in [2.24, 2.45) is 0 Å². The third kappa shape index (κ3) is 5.08. The van der Waals surface area contributed by atoms with Crippen LogP contribution in [0.5, 0.6) is 0 Å². The number of hydrogen-bond donors (Lipinski definition) is 1. The van der Waals surface area contributed by atoms with Crippen LogP contribution in [0.15, 0.2) is 48.5 Å². The summed E-state index contributed by atoms with van der Waals surface area (Å²) in [5, 5.41) is 9.42. The Balaban J connectivity index is 1.69. The maximum Gasteiger partial charge on any atom is 0.220 e. The van der Waals surface area contributed by atoms with Crippen molar-refractivity contribution in [3.05, 3.63) is 53.6 Å². The molecule has 0 radical (unpaired) electrons. The summed E-state index contributed by atoms with van der Waals surface area (Å²) in [6.07, 6.45) is 2.03. The number of amides is 1. The first-order valence-electron chi connectivity index (χ1n) is 9.16. The number of nitrogens with zero attached hydrogens (tertiary/aromatic N) is 2. The first-order valence-corrected chi connectivity index (χ1v) is 9.54. The molecule has 1 amide bonds. The maximum absolute atomic E-state index is 11.9. The number of nitrogens with one attached hydrogen (secondary N) is 1. The molecule has 3 aromatic rings. The number of aryl methyl sites for hydroxylation is 1. The van der Waals surface area contributed by atoms with Crippen LogP contribution in [0.4, 0.5) is 0 Å². The molecule has 0 unspecified atom stereocenters. The average Bonchev–Trinajstić information content (AvgIpc) is 3.04. The van der Waals surface area contributed by atoms with Gasteiger partial charge in [0.25, 0.3) is 0 Å². The minimum atomic E-state index is 0.0638. The van der Waals surface area contributed by atoms with E-state index < -0.39 is 0 Å². The summed E-state index contributed by atoms with van der Waals surface area (Å²) >= 11 is 6.21. The Morgan fingerprint density at radius 3 is 2.78 bits per heavy atom. The predicted octanol–water partition coefficient (Wildman–Crippen LogP) is 4.29. The SMILES string of the molecule is COCCCNC(=O)CCCn1nc(-c2ccccc2)c2cc(Cl)ccc21. The van der Waals surface area contributed by atoms with Gasteiger partial charge in [-0.05, 0) is 31.0 Å². The summed E-state index contributed by atoms with van der Waals surface area (Å²) in [5.74, 6) is 0.0638. The van der Waals surface area contributed by atoms with Gasteiger partial charge >= 0.3 is 0 Å². The molecule has 0 fully saturated rings. The highest BCUT2D eigenvalue weighted by molar-refractivity contribution is 6.31. The molecule has 1 N–H and O–H groups in total. The van der Waals surface area contributed by atoms with Gasteiger partial charge in [-0.3, -0.25) is 9.48 Å². The fourth-order valence-electron chi connectivity index (χ4n) is 3.05. The van der Waals surface area contributed by atoms with E-state index in [2.05, 4.69) is 5.32 Å². The van der Waals surface area contributed by atoms with E-state index in [1.807, 2.05) is 53.2 Å². The van der Waals surface area contributed by atoms with Crippen molar-refractivity contribution in [1.82, 2.24) is 15.1 Å². The van der Waals surface area contributed by atoms with Crippen LogP contribution >= 0.6 is 11.6 Å². The van der Waals surface area contributed by atoms with Crippen LogP contribution in [0.1, 0.15) is 19.3 Å². The Bertz CT molecular complexity index is 893. The maximum atomic E-state index is 11.9. The lowest BCUT2D eigenvalue weighted by atomic mass is 10.1. The Hall–Kier alpha value is -2.37. The van der Waals surface area contributed by atoms with Gasteiger partial charge in [-0.1, -0.05) is 41.9 Å². The van der Waals surface area contributed by atoms with Gasteiger partial charge in [-0.15, -0.1) is 0 Å². The van der Waals surface area contributed by atoms with Crippen LogP contribution < -0.4 is 5.32 Å². The molecule has 1 aromatic heterocycles. The molecule has 142 valence electrons. The molecule has 1 heterocycles. The molecule has 0 atom stereocenters. The molecular weight excluding hydrogens is 362 g/mol. The van der Waals surface area contributed by atoms with Crippen molar-refractivity contribution in [3.8, 4) is 11.3 Å². The molecule has 6 heteroatoms. The van der Waals surface area contributed by atoms with Crippen molar-refractivity contribution in [1.29, 1.82) is 0 Å². The molecule has 27 heavy (non-hydrogen) atoms. The van der Waals surface area contributed by atoms with Crippen molar-refractivity contribution in [2.45, 2.75) is 25.8 Å². The average molecular weight is 386 g/mol. The summed E-state index contributed by atoms with van der Waals surface area (Å²) in [4.78, 5) is 11.9. The van der Waals surface area contributed by atoms with Gasteiger partial charge < -0.3 is 10.1 Å². The van der Waals surface area contributed by atoms with Crippen LogP contribution in [-0.2, 0) is 16.1 Å². The molecule has 0 saturated carbocycles. The Labute approximate surface area is 164 Å². The van der Waals surface area contributed by atoms with Crippen LogP contribution in [0.2, 0.25) is 5.02 Å². The van der Waals surface area contributed by atoms with Crippen molar-refractivity contribution >= 4 is 28.4 Å². The molecular formula is C21H24ClN3O2. The summed E-state index contributed by atoms with van der Waals surface area (Å²) in [7, 11) is 1.66. The highest BCUT2D eigenvalue weighted by Crippen LogP contribution is 2.30. The highest BCUT2D eigenvalue weighted by atomic mass is 35.5. The van der Waals surface area contributed by atoms with Crippen LogP contribution in [-0.4, -0.2) is 35.9 Å². The molecule has 0 saturated heterocycles. The lowest BCUT2D eigenvalue weighted by molar-refractivity contribution is -0.121. The normalized spacial score (nSPS) is 11.0. The summed E-state index contributed by atoms with van der Waals surface area (Å²) in [6.45, 7) is 1.98. The summed E-state index contributed by atoms with van der Waals surface area (Å²) in [5.41, 5.74) is 3.00. The second-order valence-electron chi connectivity index (χ2n) is 6.40. The quantitative estimate of drug-likeness (QED) is 0.559. The number of rotatable bonds is 9. The number of benzene rings is 2. The minimum Gasteiger partial charge on any atom is -0.385 e. The number of ether oxygens (including phenoxy) is 1. The fraction of sp³-hybridized carbons (Fsp3) is 0.333. The lowest BCUT2D eigenvalue weighted by Crippen LogP contribution is -2.25. The number of hydrogen-bond acceptors (Lipinski definition) is 3. The topological polar surface area (TPSA) is 56.1 Å². The molecule has 0 aliphatic heterocycles. The zero-order valence-corrected chi connectivity index (χ0v) is 16.2. The van der Waals surface area contributed by atoms with E-state index in [1.165, 1.54) is 0 Å². The molecule has 3 rings (SSSR count). The Morgan fingerprint density at radius 1 is 1.19 bits per heavy atom. The van der Waals surface area contributed by atoms with Crippen molar-refractivity contribution in [2.75, 3.05) is 20.3 Å².